The molecule has 8 heteroatoms. The van der Waals surface area contributed by atoms with Crippen LogP contribution in [0.25, 0.3) is 6.08 Å². The number of thiocarbonyl (C=S) groups is 1. The van der Waals surface area contributed by atoms with Crippen molar-refractivity contribution in [3.63, 3.8) is 0 Å². The molecule has 0 spiro atoms. The van der Waals surface area contributed by atoms with Crippen molar-refractivity contribution in [3.8, 4) is 6.07 Å². The number of pyridine rings is 1. The topological polar surface area (TPSA) is 78.1 Å². The maximum atomic E-state index is 13.1. The number of carbonyl (C=O) groups is 1. The third-order valence-corrected chi connectivity index (χ3v) is 6.71. The largest absolute Gasteiger partial charge is 0.371 e. The van der Waals surface area contributed by atoms with Crippen LogP contribution in [0.3, 0.4) is 0 Å². The van der Waals surface area contributed by atoms with Crippen LogP contribution in [-0.2, 0) is 17.8 Å². The maximum Gasteiger partial charge on any atom is 0.270 e. The van der Waals surface area contributed by atoms with Gasteiger partial charge in [-0.05, 0) is 37.0 Å². The van der Waals surface area contributed by atoms with Gasteiger partial charge in [-0.2, -0.15) is 5.26 Å². The van der Waals surface area contributed by atoms with Crippen molar-refractivity contribution in [1.82, 2.24) is 9.47 Å². The fraction of sp³-hybridized carbons (Fsp3) is 0.280. The summed E-state index contributed by atoms with van der Waals surface area (Å²) in [7, 11) is 0. The van der Waals surface area contributed by atoms with Crippen LogP contribution in [0.4, 0.5) is 5.82 Å². The fourth-order valence-electron chi connectivity index (χ4n) is 3.68. The molecule has 0 radical (unpaired) electrons. The van der Waals surface area contributed by atoms with E-state index in [4.69, 9.17) is 12.2 Å². The minimum Gasteiger partial charge on any atom is -0.371 e. The van der Waals surface area contributed by atoms with Crippen molar-refractivity contribution in [2.45, 2.75) is 33.2 Å². The number of nitriles is 1. The first-order chi connectivity index (χ1) is 15.9. The molecule has 3 rings (SSSR count). The molecule has 0 bridgehead atoms. The molecule has 0 saturated carbocycles. The average Bonchev–Trinajstić information content (AvgIpc) is 3.07. The highest BCUT2D eigenvalue weighted by molar-refractivity contribution is 8.26. The number of nitrogens with one attached hydrogen (secondary N) is 1. The highest BCUT2D eigenvalue weighted by Crippen LogP contribution is 2.35. The SMILES string of the molecule is C=CCN1C(=O)/C(=C\c2c(C)c(C#N)c(=O)n(CCC)c2NCCc2ccccc2)SC1=S. The molecule has 1 fully saturated rings. The van der Waals surface area contributed by atoms with Gasteiger partial charge in [-0.15, -0.1) is 6.58 Å². The van der Waals surface area contributed by atoms with Gasteiger partial charge in [-0.1, -0.05) is 67.3 Å². The van der Waals surface area contributed by atoms with E-state index in [9.17, 15) is 14.9 Å². The van der Waals surface area contributed by atoms with Gasteiger partial charge in [0.15, 0.2) is 0 Å². The van der Waals surface area contributed by atoms with Crippen LogP contribution in [0.2, 0.25) is 0 Å². The predicted molar refractivity (Wildman–Crippen MR) is 139 cm³/mol. The highest BCUT2D eigenvalue weighted by Gasteiger charge is 2.32. The van der Waals surface area contributed by atoms with Crippen molar-refractivity contribution in [2.24, 2.45) is 0 Å². The van der Waals surface area contributed by atoms with E-state index < -0.39 is 0 Å². The van der Waals surface area contributed by atoms with Crippen LogP contribution in [0.1, 0.15) is 35.6 Å². The van der Waals surface area contributed by atoms with E-state index in [0.717, 1.165) is 12.8 Å². The Hall–Kier alpha value is -3.15. The first-order valence-corrected chi connectivity index (χ1v) is 12.0. The average molecular weight is 479 g/mol. The lowest BCUT2D eigenvalue weighted by Crippen LogP contribution is -2.29. The number of anilines is 1. The van der Waals surface area contributed by atoms with Gasteiger partial charge in [-0.25, -0.2) is 0 Å². The minimum absolute atomic E-state index is 0.0879. The lowest BCUT2D eigenvalue weighted by molar-refractivity contribution is -0.121. The zero-order chi connectivity index (χ0) is 24.0. The van der Waals surface area contributed by atoms with Gasteiger partial charge in [0.1, 0.15) is 21.8 Å². The molecule has 2 heterocycles. The normalized spacial score (nSPS) is 14.6. The Morgan fingerprint density at radius 1 is 1.27 bits per heavy atom. The summed E-state index contributed by atoms with van der Waals surface area (Å²) in [6.45, 7) is 8.80. The molecular formula is C25H26N4O2S2. The van der Waals surface area contributed by atoms with Gasteiger partial charge in [0.05, 0.1) is 4.91 Å². The fourth-order valence-corrected chi connectivity index (χ4v) is 4.93. The van der Waals surface area contributed by atoms with Crippen molar-refractivity contribution >= 4 is 46.1 Å². The first kappa shape index (κ1) is 24.5. The molecule has 33 heavy (non-hydrogen) atoms. The van der Waals surface area contributed by atoms with Gasteiger partial charge in [-0.3, -0.25) is 19.1 Å². The summed E-state index contributed by atoms with van der Waals surface area (Å²) in [6, 6.07) is 12.1. The summed E-state index contributed by atoms with van der Waals surface area (Å²) in [5, 5.41) is 13.1. The molecule has 170 valence electrons. The van der Waals surface area contributed by atoms with Crippen LogP contribution >= 0.6 is 24.0 Å². The first-order valence-electron chi connectivity index (χ1n) is 10.7. The molecule has 1 aromatic heterocycles. The van der Waals surface area contributed by atoms with Crippen LogP contribution in [0.5, 0.6) is 0 Å². The van der Waals surface area contributed by atoms with E-state index in [1.54, 1.807) is 23.6 Å². The van der Waals surface area contributed by atoms with Crippen molar-refractivity contribution < 1.29 is 4.79 Å². The molecule has 6 nitrogen and oxygen atoms in total. The molecule has 1 amide bonds. The maximum absolute atomic E-state index is 13.1. The van der Waals surface area contributed by atoms with Gasteiger partial charge in [0.2, 0.25) is 0 Å². The number of hydrogen-bond acceptors (Lipinski definition) is 6. The summed E-state index contributed by atoms with van der Waals surface area (Å²) < 4.78 is 2.07. The van der Waals surface area contributed by atoms with E-state index in [1.807, 2.05) is 25.1 Å². The van der Waals surface area contributed by atoms with E-state index in [1.165, 1.54) is 22.2 Å². The minimum atomic E-state index is -0.324. The molecule has 0 aliphatic carbocycles. The van der Waals surface area contributed by atoms with E-state index in [-0.39, 0.29) is 17.0 Å². The Labute approximate surface area is 203 Å². The Morgan fingerprint density at radius 2 is 2.00 bits per heavy atom. The highest BCUT2D eigenvalue weighted by atomic mass is 32.2. The smallest absolute Gasteiger partial charge is 0.270 e. The van der Waals surface area contributed by atoms with E-state index in [0.29, 0.717) is 45.8 Å². The monoisotopic (exact) mass is 478 g/mol. The number of nitrogens with zero attached hydrogens (tertiary/aromatic N) is 3. The lowest BCUT2D eigenvalue weighted by atomic mass is 10.0. The Balaban J connectivity index is 2.09. The molecule has 1 aliphatic rings. The third-order valence-electron chi connectivity index (χ3n) is 5.33. The molecule has 1 aromatic carbocycles. The Bertz CT molecular complexity index is 1210. The van der Waals surface area contributed by atoms with E-state index in [2.05, 4.69) is 30.1 Å². The zero-order valence-corrected chi connectivity index (χ0v) is 20.4. The van der Waals surface area contributed by atoms with Crippen molar-refractivity contribution in [3.05, 3.63) is 80.5 Å². The zero-order valence-electron chi connectivity index (χ0n) is 18.8. The standard InChI is InChI=1S/C25H26N4O2S2/c1-4-13-28-22(27-12-11-18-9-7-6-8-10-18)19(17(3)20(16-26)23(28)30)15-21-24(31)29(14-5-2)25(32)33-21/h5-10,15,27H,2,4,11-14H2,1,3H3/b21-15+. The molecule has 2 aromatic rings. The molecule has 1 N–H and O–H groups in total. The second kappa shape index (κ2) is 11.1. The molecule has 0 unspecified atom stereocenters. The predicted octanol–water partition coefficient (Wildman–Crippen LogP) is 4.48. The number of benzene rings is 1. The van der Waals surface area contributed by atoms with Gasteiger partial charge in [0.25, 0.3) is 11.5 Å². The molecule has 1 saturated heterocycles. The summed E-state index contributed by atoms with van der Waals surface area (Å²) in [5.41, 5.74) is 2.14. The number of amides is 1. The second-order valence-electron chi connectivity index (χ2n) is 7.57. The van der Waals surface area contributed by atoms with E-state index >= 15 is 0 Å². The lowest BCUT2D eigenvalue weighted by Gasteiger charge is -2.20. The van der Waals surface area contributed by atoms with Crippen molar-refractivity contribution in [2.75, 3.05) is 18.4 Å². The number of carbonyl (C=O) groups excluding carboxylic acids is 1. The van der Waals surface area contributed by atoms with Gasteiger partial charge < -0.3 is 5.32 Å². The van der Waals surface area contributed by atoms with Gasteiger partial charge in [0, 0.05) is 25.2 Å². The van der Waals surface area contributed by atoms with Crippen LogP contribution in [0, 0.1) is 18.3 Å². The third kappa shape index (κ3) is 5.27. The summed E-state index contributed by atoms with van der Waals surface area (Å²) >= 11 is 6.57. The number of aromatic nitrogens is 1. The summed E-state index contributed by atoms with van der Waals surface area (Å²) in [6.07, 6.45) is 4.86. The number of thioether (sulfide) groups is 1. The van der Waals surface area contributed by atoms with Gasteiger partial charge >= 0.3 is 0 Å². The molecule has 0 atom stereocenters. The summed E-state index contributed by atoms with van der Waals surface area (Å²) in [5.74, 6) is 0.412. The van der Waals surface area contributed by atoms with Crippen molar-refractivity contribution in [1.29, 1.82) is 5.26 Å². The second-order valence-corrected chi connectivity index (χ2v) is 9.25. The van der Waals surface area contributed by atoms with Crippen LogP contribution in [-0.4, -0.2) is 32.8 Å². The number of rotatable bonds is 9. The Kier molecular flexibility index (Phi) is 8.26. The van der Waals surface area contributed by atoms with Crippen LogP contribution in [0.15, 0.2) is 52.7 Å². The summed E-state index contributed by atoms with van der Waals surface area (Å²) in [4.78, 5) is 27.9. The molecular weight excluding hydrogens is 452 g/mol. The molecule has 1 aliphatic heterocycles. The number of hydrogen-bond donors (Lipinski definition) is 1. The quantitative estimate of drug-likeness (QED) is 0.325. The van der Waals surface area contributed by atoms with Crippen LogP contribution < -0.4 is 10.9 Å². The Morgan fingerprint density at radius 3 is 2.64 bits per heavy atom.